The summed E-state index contributed by atoms with van der Waals surface area (Å²) in [4.78, 5) is 41.6. The van der Waals surface area contributed by atoms with Gasteiger partial charge in [0.25, 0.3) is 5.91 Å². The molecule has 1 aliphatic rings. The number of hydrogen-bond donors (Lipinski definition) is 3. The summed E-state index contributed by atoms with van der Waals surface area (Å²) < 4.78 is 6.33. The second-order valence-electron chi connectivity index (χ2n) is 9.78. The number of nitriles is 1. The van der Waals surface area contributed by atoms with Gasteiger partial charge in [-0.05, 0) is 68.7 Å². The van der Waals surface area contributed by atoms with E-state index in [4.69, 9.17) is 4.74 Å². The highest BCUT2D eigenvalue weighted by atomic mass is 32.1. The molecule has 0 unspecified atom stereocenters. The third-order valence-corrected chi connectivity index (χ3v) is 7.36. The zero-order valence-electron chi connectivity index (χ0n) is 21.1. The Labute approximate surface area is 228 Å². The molecule has 4 aromatic rings. The number of amides is 2. The summed E-state index contributed by atoms with van der Waals surface area (Å²) in [5.74, 6) is -1.24. The Kier molecular flexibility index (Phi) is 6.76. The van der Waals surface area contributed by atoms with Gasteiger partial charge in [0.15, 0.2) is 5.13 Å². The maximum absolute atomic E-state index is 12.9. The molecule has 0 radical (unpaired) electrons. The molecule has 196 valence electrons. The third-order valence-electron chi connectivity index (χ3n) is 6.36. The number of aromatic carboxylic acids is 1. The van der Waals surface area contributed by atoms with Gasteiger partial charge in [0.1, 0.15) is 17.1 Å². The van der Waals surface area contributed by atoms with Crippen molar-refractivity contribution < 1.29 is 24.2 Å². The Bertz CT molecular complexity index is 1670. The number of fused-ring (bicyclic) bond motifs is 1. The SMILES string of the molecule is CC(C)(C#N)c1cccc(C(=O)Nc2cccc(Oc3ccc4nc(NC(=O)C5CC5)sc4c3C(=O)O)c2)c1. The molecule has 2 amide bonds. The van der Waals surface area contributed by atoms with Gasteiger partial charge in [0, 0.05) is 23.2 Å². The van der Waals surface area contributed by atoms with Crippen LogP contribution in [-0.4, -0.2) is 27.9 Å². The number of nitrogens with zero attached hydrogens (tertiary/aromatic N) is 2. The minimum Gasteiger partial charge on any atom is -0.478 e. The normalized spacial score (nSPS) is 12.9. The topological polar surface area (TPSA) is 141 Å². The van der Waals surface area contributed by atoms with E-state index >= 15 is 0 Å². The quantitative estimate of drug-likeness (QED) is 0.242. The molecule has 3 N–H and O–H groups in total. The first-order valence-corrected chi connectivity index (χ1v) is 13.0. The number of carboxylic acid groups (broad SMARTS) is 1. The van der Waals surface area contributed by atoms with E-state index in [1.807, 2.05) is 0 Å². The first-order valence-electron chi connectivity index (χ1n) is 12.2. The molecule has 10 heteroatoms. The first-order chi connectivity index (χ1) is 18.6. The molecular formula is C29H24N4O5S. The van der Waals surface area contributed by atoms with Crippen LogP contribution in [-0.2, 0) is 10.2 Å². The first kappa shape index (κ1) is 25.9. The van der Waals surface area contributed by atoms with E-state index in [2.05, 4.69) is 21.7 Å². The molecule has 0 saturated heterocycles. The van der Waals surface area contributed by atoms with Crippen LogP contribution in [0.2, 0.25) is 0 Å². The van der Waals surface area contributed by atoms with Crippen molar-refractivity contribution in [3.05, 3.63) is 77.4 Å². The van der Waals surface area contributed by atoms with E-state index in [1.54, 1.807) is 68.4 Å². The van der Waals surface area contributed by atoms with Crippen LogP contribution in [0.5, 0.6) is 11.5 Å². The molecule has 1 saturated carbocycles. The predicted octanol–water partition coefficient (Wildman–Crippen LogP) is 6.19. The minimum atomic E-state index is -1.19. The van der Waals surface area contributed by atoms with Gasteiger partial charge in [-0.2, -0.15) is 5.26 Å². The van der Waals surface area contributed by atoms with Crippen LogP contribution < -0.4 is 15.4 Å². The van der Waals surface area contributed by atoms with E-state index in [-0.39, 0.29) is 29.0 Å². The molecule has 0 atom stereocenters. The standard InChI is InChI=1S/C29H24N4O5S/c1-29(2,15-30)18-6-3-5-17(13-18)26(35)31-19-7-4-8-20(14-19)38-22-12-11-21-24(23(22)27(36)37)39-28(32-21)33-25(34)16-9-10-16/h3-8,11-14,16H,9-10H2,1-2H3,(H,31,35)(H,36,37)(H,32,33,34). The minimum absolute atomic E-state index is 0.00375. The van der Waals surface area contributed by atoms with Crippen LogP contribution in [0.25, 0.3) is 10.2 Å². The monoisotopic (exact) mass is 540 g/mol. The number of carbonyl (C=O) groups excluding carboxylic acids is 2. The van der Waals surface area contributed by atoms with Crippen molar-refractivity contribution in [3.8, 4) is 17.6 Å². The average molecular weight is 541 g/mol. The highest BCUT2D eigenvalue weighted by molar-refractivity contribution is 7.22. The number of carboxylic acids is 1. The molecular weight excluding hydrogens is 516 g/mol. The lowest BCUT2D eigenvalue weighted by molar-refractivity contribution is -0.117. The van der Waals surface area contributed by atoms with Crippen molar-refractivity contribution in [2.24, 2.45) is 5.92 Å². The molecule has 39 heavy (non-hydrogen) atoms. The number of carbonyl (C=O) groups is 3. The fraction of sp³-hybridized carbons (Fsp3) is 0.207. The number of nitrogens with one attached hydrogen (secondary N) is 2. The lowest BCUT2D eigenvalue weighted by Crippen LogP contribution is -2.17. The van der Waals surface area contributed by atoms with Gasteiger partial charge >= 0.3 is 5.97 Å². The van der Waals surface area contributed by atoms with Crippen molar-refractivity contribution in [2.45, 2.75) is 32.1 Å². The van der Waals surface area contributed by atoms with E-state index in [0.717, 1.165) is 29.7 Å². The molecule has 0 bridgehead atoms. The largest absolute Gasteiger partial charge is 0.478 e. The number of benzene rings is 3. The maximum Gasteiger partial charge on any atom is 0.341 e. The number of ether oxygens (including phenoxy) is 1. The van der Waals surface area contributed by atoms with Gasteiger partial charge in [-0.15, -0.1) is 0 Å². The summed E-state index contributed by atoms with van der Waals surface area (Å²) in [7, 11) is 0. The molecule has 1 fully saturated rings. The van der Waals surface area contributed by atoms with Crippen molar-refractivity contribution >= 4 is 50.2 Å². The van der Waals surface area contributed by atoms with E-state index in [1.165, 1.54) is 6.07 Å². The Balaban J connectivity index is 1.37. The Morgan fingerprint density at radius 2 is 1.85 bits per heavy atom. The zero-order valence-corrected chi connectivity index (χ0v) is 22.0. The van der Waals surface area contributed by atoms with Crippen LogP contribution in [0.4, 0.5) is 10.8 Å². The van der Waals surface area contributed by atoms with Crippen molar-refractivity contribution in [1.29, 1.82) is 5.26 Å². The lowest BCUT2D eigenvalue weighted by atomic mass is 9.85. The highest BCUT2D eigenvalue weighted by Crippen LogP contribution is 2.38. The van der Waals surface area contributed by atoms with Gasteiger partial charge in [-0.1, -0.05) is 29.5 Å². The summed E-state index contributed by atoms with van der Waals surface area (Å²) in [6.45, 7) is 3.57. The second-order valence-corrected chi connectivity index (χ2v) is 10.8. The van der Waals surface area contributed by atoms with Crippen LogP contribution in [0.15, 0.2) is 60.7 Å². The molecule has 9 nitrogen and oxygen atoms in total. The van der Waals surface area contributed by atoms with E-state index < -0.39 is 11.4 Å². The Morgan fingerprint density at radius 3 is 2.56 bits per heavy atom. The summed E-state index contributed by atoms with van der Waals surface area (Å²) in [6, 6.07) is 18.9. The molecule has 0 aliphatic heterocycles. The number of thiazole rings is 1. The summed E-state index contributed by atoms with van der Waals surface area (Å²) in [6.07, 6.45) is 1.70. The lowest BCUT2D eigenvalue weighted by Gasteiger charge is -2.16. The maximum atomic E-state index is 12.9. The fourth-order valence-corrected chi connectivity index (χ4v) is 4.95. The van der Waals surface area contributed by atoms with Crippen molar-refractivity contribution in [3.63, 3.8) is 0 Å². The predicted molar refractivity (Wildman–Crippen MR) is 147 cm³/mol. The number of rotatable bonds is 8. The van der Waals surface area contributed by atoms with Crippen molar-refractivity contribution in [2.75, 3.05) is 10.6 Å². The molecule has 3 aromatic carbocycles. The molecule has 0 spiro atoms. The second kappa shape index (κ2) is 10.2. The van der Waals surface area contributed by atoms with Gasteiger partial charge in [0.2, 0.25) is 5.91 Å². The Morgan fingerprint density at radius 1 is 1.08 bits per heavy atom. The van der Waals surface area contributed by atoms with E-state index in [0.29, 0.717) is 32.3 Å². The highest BCUT2D eigenvalue weighted by Gasteiger charge is 2.30. The smallest absolute Gasteiger partial charge is 0.341 e. The van der Waals surface area contributed by atoms with Crippen LogP contribution in [0, 0.1) is 17.2 Å². The number of hydrogen-bond acceptors (Lipinski definition) is 7. The molecule has 1 aliphatic carbocycles. The van der Waals surface area contributed by atoms with Gasteiger partial charge in [-0.3, -0.25) is 9.59 Å². The number of aromatic nitrogens is 1. The van der Waals surface area contributed by atoms with E-state index in [9.17, 15) is 24.8 Å². The van der Waals surface area contributed by atoms with Crippen LogP contribution in [0.1, 0.15) is 53.0 Å². The third kappa shape index (κ3) is 5.58. The van der Waals surface area contributed by atoms with Gasteiger partial charge < -0.3 is 20.5 Å². The summed E-state index contributed by atoms with van der Waals surface area (Å²) in [5.41, 5.74) is 1.21. The Hall–Kier alpha value is -4.75. The van der Waals surface area contributed by atoms with Crippen LogP contribution in [0.3, 0.4) is 0 Å². The summed E-state index contributed by atoms with van der Waals surface area (Å²) in [5, 5.41) is 25.3. The van der Waals surface area contributed by atoms with Crippen LogP contribution >= 0.6 is 11.3 Å². The molecule has 5 rings (SSSR count). The average Bonchev–Trinajstić information content (AvgIpc) is 3.69. The van der Waals surface area contributed by atoms with Crippen molar-refractivity contribution in [1.82, 2.24) is 4.98 Å². The molecule has 1 heterocycles. The molecule has 1 aromatic heterocycles. The number of anilines is 2. The summed E-state index contributed by atoms with van der Waals surface area (Å²) >= 11 is 1.08. The zero-order chi connectivity index (χ0) is 27.7. The van der Waals surface area contributed by atoms with Gasteiger partial charge in [0.05, 0.1) is 21.7 Å². The fourth-order valence-electron chi connectivity index (χ4n) is 3.95. The van der Waals surface area contributed by atoms with Gasteiger partial charge in [-0.25, -0.2) is 9.78 Å².